The van der Waals surface area contributed by atoms with Crippen LogP contribution in [0.15, 0.2) is 0 Å². The van der Waals surface area contributed by atoms with Crippen molar-refractivity contribution < 1.29 is 0 Å². The molecule has 1 N–H and O–H groups in total. The van der Waals surface area contributed by atoms with E-state index in [9.17, 15) is 0 Å². The summed E-state index contributed by atoms with van der Waals surface area (Å²) in [7, 11) is 0. The largest absolute Gasteiger partial charge is 0.314 e. The van der Waals surface area contributed by atoms with Gasteiger partial charge in [0.25, 0.3) is 0 Å². The molecule has 0 radical (unpaired) electrons. The summed E-state index contributed by atoms with van der Waals surface area (Å²) in [6, 6.07) is 0.742. The Hall–Kier alpha value is -0.0400. The van der Waals surface area contributed by atoms with Crippen molar-refractivity contribution in [3.63, 3.8) is 0 Å². The molecule has 2 unspecified atom stereocenters. The molecule has 1 nitrogen and oxygen atoms in total. The van der Waals surface area contributed by atoms with Crippen LogP contribution in [0.25, 0.3) is 0 Å². The Kier molecular flexibility index (Phi) is 9.18. The Balaban J connectivity index is 4.11. The van der Waals surface area contributed by atoms with E-state index >= 15 is 0 Å². The van der Waals surface area contributed by atoms with Gasteiger partial charge in [0, 0.05) is 6.04 Å². The molecule has 0 heterocycles. The minimum Gasteiger partial charge on any atom is -0.314 e. The van der Waals surface area contributed by atoms with E-state index in [1.165, 1.54) is 32.1 Å². The van der Waals surface area contributed by atoms with E-state index in [1.807, 2.05) is 0 Å². The number of rotatable bonds is 9. The van der Waals surface area contributed by atoms with Gasteiger partial charge in [0.1, 0.15) is 0 Å². The number of nitrogens with one attached hydrogen (secondary N) is 1. The fourth-order valence-electron chi connectivity index (χ4n) is 2.61. The Bertz CT molecular complexity index is 129. The van der Waals surface area contributed by atoms with Crippen molar-refractivity contribution in [2.24, 2.45) is 11.8 Å². The van der Waals surface area contributed by atoms with Gasteiger partial charge in [-0.25, -0.2) is 0 Å². The lowest BCUT2D eigenvalue weighted by Crippen LogP contribution is -2.37. The van der Waals surface area contributed by atoms with Crippen molar-refractivity contribution in [2.45, 2.75) is 72.8 Å². The highest BCUT2D eigenvalue weighted by Crippen LogP contribution is 2.21. The molecule has 0 amide bonds. The van der Waals surface area contributed by atoms with E-state index in [-0.39, 0.29) is 0 Å². The average Bonchev–Trinajstić information content (AvgIpc) is 2.20. The van der Waals surface area contributed by atoms with Gasteiger partial charge in [-0.1, -0.05) is 60.3 Å². The molecule has 0 spiro atoms. The molecular weight excluding hydrogens is 182 g/mol. The van der Waals surface area contributed by atoms with Crippen LogP contribution in [0.5, 0.6) is 0 Å². The Morgan fingerprint density at radius 3 is 2.00 bits per heavy atom. The van der Waals surface area contributed by atoms with Gasteiger partial charge in [0.05, 0.1) is 0 Å². The van der Waals surface area contributed by atoms with Gasteiger partial charge in [-0.2, -0.15) is 0 Å². The highest BCUT2D eigenvalue weighted by atomic mass is 14.9. The van der Waals surface area contributed by atoms with Crippen LogP contribution in [0, 0.1) is 11.8 Å². The van der Waals surface area contributed by atoms with Crippen molar-refractivity contribution in [1.29, 1.82) is 0 Å². The average molecular weight is 213 g/mol. The highest BCUT2D eigenvalue weighted by Gasteiger charge is 2.19. The Morgan fingerprint density at radius 2 is 1.60 bits per heavy atom. The first-order chi connectivity index (χ1) is 7.19. The summed E-state index contributed by atoms with van der Waals surface area (Å²) in [4.78, 5) is 0. The smallest absolute Gasteiger partial charge is 0.00975 e. The maximum absolute atomic E-state index is 3.67. The van der Waals surface area contributed by atoms with Gasteiger partial charge in [-0.3, -0.25) is 0 Å². The van der Waals surface area contributed by atoms with E-state index in [2.05, 4.69) is 39.9 Å². The van der Waals surface area contributed by atoms with Crippen LogP contribution < -0.4 is 5.32 Å². The summed E-state index contributed by atoms with van der Waals surface area (Å²) in [5.74, 6) is 1.74. The predicted molar refractivity (Wildman–Crippen MR) is 70.2 cm³/mol. The van der Waals surface area contributed by atoms with Crippen LogP contribution in [0.1, 0.15) is 66.7 Å². The van der Waals surface area contributed by atoms with E-state index in [1.54, 1.807) is 0 Å². The third kappa shape index (κ3) is 6.19. The molecule has 1 heteroatoms. The summed E-state index contributed by atoms with van der Waals surface area (Å²) < 4.78 is 0. The van der Waals surface area contributed by atoms with Gasteiger partial charge < -0.3 is 5.32 Å². The normalized spacial score (nSPS) is 15.6. The number of hydrogen-bond donors (Lipinski definition) is 1. The second-order valence-corrected chi connectivity index (χ2v) is 4.87. The molecule has 0 rings (SSSR count). The van der Waals surface area contributed by atoms with Gasteiger partial charge in [0.2, 0.25) is 0 Å². The zero-order valence-corrected chi connectivity index (χ0v) is 11.5. The summed E-state index contributed by atoms with van der Waals surface area (Å²) >= 11 is 0. The van der Waals surface area contributed by atoms with Crippen LogP contribution in [0.2, 0.25) is 0 Å². The zero-order valence-electron chi connectivity index (χ0n) is 11.5. The van der Waals surface area contributed by atoms with E-state index in [0.717, 1.165) is 24.4 Å². The highest BCUT2D eigenvalue weighted by molar-refractivity contribution is 4.76. The summed E-state index contributed by atoms with van der Waals surface area (Å²) in [5.41, 5.74) is 0. The second kappa shape index (κ2) is 9.21. The molecule has 92 valence electrons. The van der Waals surface area contributed by atoms with Gasteiger partial charge in [-0.15, -0.1) is 0 Å². The van der Waals surface area contributed by atoms with Crippen LogP contribution in [0.4, 0.5) is 0 Å². The van der Waals surface area contributed by atoms with Gasteiger partial charge in [-0.05, 0) is 24.8 Å². The molecule has 0 fully saturated rings. The fraction of sp³-hybridized carbons (Fsp3) is 1.00. The van der Waals surface area contributed by atoms with E-state index in [4.69, 9.17) is 0 Å². The third-order valence-electron chi connectivity index (χ3n) is 3.52. The van der Waals surface area contributed by atoms with Crippen molar-refractivity contribution in [1.82, 2.24) is 5.32 Å². The molecule has 0 bridgehead atoms. The third-order valence-corrected chi connectivity index (χ3v) is 3.52. The second-order valence-electron chi connectivity index (χ2n) is 4.87. The molecule has 0 aromatic carbocycles. The first-order valence-corrected chi connectivity index (χ1v) is 6.92. The lowest BCUT2D eigenvalue weighted by molar-refractivity contribution is 0.281. The molecule has 0 aromatic heterocycles. The van der Waals surface area contributed by atoms with Crippen molar-refractivity contribution in [2.75, 3.05) is 6.54 Å². The SMILES string of the molecule is CCCC(C)CC(NCC)C(CC)CC. The molecule has 0 aliphatic carbocycles. The molecular formula is C14H31N. The Labute approximate surface area is 97.0 Å². The minimum absolute atomic E-state index is 0.742. The molecule has 2 atom stereocenters. The zero-order chi connectivity index (χ0) is 11.7. The topological polar surface area (TPSA) is 12.0 Å². The van der Waals surface area contributed by atoms with Crippen LogP contribution >= 0.6 is 0 Å². The maximum Gasteiger partial charge on any atom is 0.00975 e. The van der Waals surface area contributed by atoms with E-state index in [0.29, 0.717) is 0 Å². The summed E-state index contributed by atoms with van der Waals surface area (Å²) in [6.07, 6.45) is 6.68. The van der Waals surface area contributed by atoms with Gasteiger partial charge in [0.15, 0.2) is 0 Å². The first-order valence-electron chi connectivity index (χ1n) is 6.92. The monoisotopic (exact) mass is 213 g/mol. The Morgan fingerprint density at radius 1 is 1.00 bits per heavy atom. The van der Waals surface area contributed by atoms with Crippen LogP contribution in [-0.2, 0) is 0 Å². The van der Waals surface area contributed by atoms with Crippen molar-refractivity contribution >= 4 is 0 Å². The lowest BCUT2D eigenvalue weighted by atomic mass is 9.86. The predicted octanol–water partition coefficient (Wildman–Crippen LogP) is 4.23. The molecule has 0 saturated carbocycles. The number of hydrogen-bond acceptors (Lipinski definition) is 1. The van der Waals surface area contributed by atoms with Crippen molar-refractivity contribution in [3.8, 4) is 0 Å². The van der Waals surface area contributed by atoms with Crippen LogP contribution in [-0.4, -0.2) is 12.6 Å². The summed E-state index contributed by atoms with van der Waals surface area (Å²) in [5, 5.41) is 3.67. The molecule has 0 saturated heterocycles. The molecule has 0 aliphatic heterocycles. The molecule has 15 heavy (non-hydrogen) atoms. The van der Waals surface area contributed by atoms with Crippen LogP contribution in [0.3, 0.4) is 0 Å². The molecule has 0 aliphatic rings. The molecule has 0 aromatic rings. The quantitative estimate of drug-likeness (QED) is 0.604. The first kappa shape index (κ1) is 15.0. The van der Waals surface area contributed by atoms with Gasteiger partial charge >= 0.3 is 0 Å². The summed E-state index contributed by atoms with van der Waals surface area (Å²) in [6.45, 7) is 12.7. The minimum atomic E-state index is 0.742. The standard InChI is InChI=1S/C14H31N/c1-6-10-12(5)11-14(15-9-4)13(7-2)8-3/h12-15H,6-11H2,1-5H3. The fourth-order valence-corrected chi connectivity index (χ4v) is 2.61. The van der Waals surface area contributed by atoms with Crippen molar-refractivity contribution in [3.05, 3.63) is 0 Å². The van der Waals surface area contributed by atoms with E-state index < -0.39 is 0 Å². The lowest BCUT2D eigenvalue weighted by Gasteiger charge is -2.28. The maximum atomic E-state index is 3.67.